The van der Waals surface area contributed by atoms with Crippen molar-refractivity contribution >= 4 is 11.0 Å². The van der Waals surface area contributed by atoms with Crippen molar-refractivity contribution < 1.29 is 4.74 Å². The first kappa shape index (κ1) is 24.6. The highest BCUT2D eigenvalue weighted by Crippen LogP contribution is 2.26. The topological polar surface area (TPSA) is 92.2 Å². The van der Waals surface area contributed by atoms with E-state index in [-0.39, 0.29) is 11.6 Å². The molecule has 0 aliphatic carbocycles. The summed E-state index contributed by atoms with van der Waals surface area (Å²) in [5.74, 6) is 1.32. The van der Waals surface area contributed by atoms with Gasteiger partial charge in [0.25, 0.3) is 5.56 Å². The van der Waals surface area contributed by atoms with E-state index < -0.39 is 0 Å². The van der Waals surface area contributed by atoms with Crippen LogP contribution in [0.5, 0.6) is 5.88 Å². The van der Waals surface area contributed by atoms with Gasteiger partial charge in [0.2, 0.25) is 5.88 Å². The van der Waals surface area contributed by atoms with E-state index in [4.69, 9.17) is 9.72 Å². The van der Waals surface area contributed by atoms with E-state index >= 15 is 0 Å². The summed E-state index contributed by atoms with van der Waals surface area (Å²) in [5, 5.41) is 7.48. The molecule has 4 aromatic rings. The van der Waals surface area contributed by atoms with Crippen molar-refractivity contribution in [2.75, 3.05) is 34.3 Å². The SMILES string of the molecule is CCC(c1nc2[nH]ncc2c(=O)n1Cc1ccccc1)N(CCN(C)C)Cc1ccc(OC)nc1. The summed E-state index contributed by atoms with van der Waals surface area (Å²) in [6, 6.07) is 13.8. The van der Waals surface area contributed by atoms with Crippen LogP contribution in [0.1, 0.15) is 36.3 Å². The Balaban J connectivity index is 1.77. The van der Waals surface area contributed by atoms with Gasteiger partial charge in [0.15, 0.2) is 5.65 Å². The number of hydrogen-bond donors (Lipinski definition) is 1. The molecule has 35 heavy (non-hydrogen) atoms. The summed E-state index contributed by atoms with van der Waals surface area (Å²) in [4.78, 5) is 27.4. The molecule has 0 saturated carbocycles. The Kier molecular flexibility index (Phi) is 7.89. The molecule has 3 heterocycles. The van der Waals surface area contributed by atoms with Crippen LogP contribution in [0.2, 0.25) is 0 Å². The average molecular weight is 476 g/mol. The molecule has 0 radical (unpaired) electrons. The lowest BCUT2D eigenvalue weighted by atomic mass is 10.1. The van der Waals surface area contributed by atoms with Crippen molar-refractivity contribution in [2.24, 2.45) is 0 Å². The molecular weight excluding hydrogens is 442 g/mol. The Hall–Kier alpha value is -3.56. The molecule has 0 fully saturated rings. The lowest BCUT2D eigenvalue weighted by molar-refractivity contribution is 0.155. The third-order valence-corrected chi connectivity index (χ3v) is 6.13. The fourth-order valence-corrected chi connectivity index (χ4v) is 4.26. The number of ether oxygens (including phenoxy) is 1. The fraction of sp³-hybridized carbons (Fsp3) is 0.385. The van der Waals surface area contributed by atoms with Crippen molar-refractivity contribution in [3.05, 3.63) is 82.2 Å². The van der Waals surface area contributed by atoms with Gasteiger partial charge >= 0.3 is 0 Å². The average Bonchev–Trinajstić information content (AvgIpc) is 3.35. The van der Waals surface area contributed by atoms with Crippen LogP contribution in [-0.4, -0.2) is 68.8 Å². The van der Waals surface area contributed by atoms with Crippen LogP contribution < -0.4 is 10.3 Å². The minimum absolute atomic E-state index is 0.0823. The maximum absolute atomic E-state index is 13.6. The van der Waals surface area contributed by atoms with Gasteiger partial charge in [-0.05, 0) is 31.6 Å². The van der Waals surface area contributed by atoms with E-state index in [1.54, 1.807) is 17.9 Å². The van der Waals surface area contributed by atoms with Gasteiger partial charge in [-0.2, -0.15) is 5.10 Å². The molecule has 0 saturated heterocycles. The number of nitrogens with one attached hydrogen (secondary N) is 1. The standard InChI is InChI=1S/C26H33N7O2/c1-5-22(32(14-13-31(2)3)17-20-11-12-23(35-4)27-15-20)25-29-24-21(16-28-30-24)26(34)33(25)18-19-9-7-6-8-10-19/h6-12,15-16,22H,5,13-14,17-18H2,1-4H3,(H,28,30). The monoisotopic (exact) mass is 475 g/mol. The molecule has 0 aliphatic rings. The zero-order valence-electron chi connectivity index (χ0n) is 20.8. The molecule has 1 aromatic carbocycles. The van der Waals surface area contributed by atoms with Crippen LogP contribution in [0.4, 0.5) is 0 Å². The Morgan fingerprint density at radius 3 is 2.51 bits per heavy atom. The first-order valence-electron chi connectivity index (χ1n) is 11.9. The number of rotatable bonds is 11. The number of aromatic amines is 1. The van der Waals surface area contributed by atoms with Gasteiger partial charge in [-0.15, -0.1) is 0 Å². The molecule has 9 heteroatoms. The van der Waals surface area contributed by atoms with Crippen molar-refractivity contribution in [3.8, 4) is 5.88 Å². The highest BCUT2D eigenvalue weighted by Gasteiger charge is 2.26. The molecule has 0 amide bonds. The van der Waals surface area contributed by atoms with Gasteiger partial charge in [0.05, 0.1) is 25.9 Å². The van der Waals surface area contributed by atoms with Crippen molar-refractivity contribution in [1.29, 1.82) is 0 Å². The number of hydrogen-bond acceptors (Lipinski definition) is 7. The third kappa shape index (κ3) is 5.75. The van der Waals surface area contributed by atoms with E-state index in [9.17, 15) is 4.79 Å². The summed E-state index contributed by atoms with van der Waals surface area (Å²) >= 11 is 0. The van der Waals surface area contributed by atoms with Crippen LogP contribution in [0.25, 0.3) is 11.0 Å². The largest absolute Gasteiger partial charge is 0.481 e. The van der Waals surface area contributed by atoms with Crippen LogP contribution in [-0.2, 0) is 13.1 Å². The van der Waals surface area contributed by atoms with Gasteiger partial charge in [0.1, 0.15) is 11.2 Å². The normalized spacial score (nSPS) is 12.5. The van der Waals surface area contributed by atoms with Gasteiger partial charge < -0.3 is 9.64 Å². The number of fused-ring (bicyclic) bond motifs is 1. The second-order valence-corrected chi connectivity index (χ2v) is 8.89. The lowest BCUT2D eigenvalue weighted by Crippen LogP contribution is -2.38. The van der Waals surface area contributed by atoms with E-state index in [1.807, 2.05) is 48.7 Å². The number of methoxy groups -OCH3 is 1. The van der Waals surface area contributed by atoms with Crippen LogP contribution in [0.3, 0.4) is 0 Å². The van der Waals surface area contributed by atoms with Crippen LogP contribution in [0, 0.1) is 0 Å². The van der Waals surface area contributed by atoms with E-state index in [1.165, 1.54) is 0 Å². The minimum Gasteiger partial charge on any atom is -0.481 e. The molecule has 9 nitrogen and oxygen atoms in total. The van der Waals surface area contributed by atoms with Crippen LogP contribution in [0.15, 0.2) is 59.7 Å². The summed E-state index contributed by atoms with van der Waals surface area (Å²) in [5.41, 5.74) is 2.56. The second kappa shape index (κ2) is 11.2. The molecule has 0 bridgehead atoms. The molecule has 0 spiro atoms. The number of H-pyrrole nitrogens is 1. The smallest absolute Gasteiger partial charge is 0.265 e. The number of nitrogens with zero attached hydrogens (tertiary/aromatic N) is 6. The van der Waals surface area contributed by atoms with E-state index in [2.05, 4.69) is 46.0 Å². The molecule has 1 N–H and O–H groups in total. The van der Waals surface area contributed by atoms with Gasteiger partial charge in [-0.1, -0.05) is 43.3 Å². The van der Waals surface area contributed by atoms with E-state index in [0.29, 0.717) is 30.0 Å². The minimum atomic E-state index is -0.0836. The first-order chi connectivity index (χ1) is 17.0. The fourth-order valence-electron chi connectivity index (χ4n) is 4.26. The van der Waals surface area contributed by atoms with Crippen molar-refractivity contribution in [3.63, 3.8) is 0 Å². The molecular formula is C26H33N7O2. The highest BCUT2D eigenvalue weighted by molar-refractivity contribution is 5.72. The Morgan fingerprint density at radius 1 is 1.06 bits per heavy atom. The van der Waals surface area contributed by atoms with Crippen LogP contribution >= 0.6 is 0 Å². The Labute approximate surface area is 205 Å². The quantitative estimate of drug-likeness (QED) is 0.356. The summed E-state index contributed by atoms with van der Waals surface area (Å²) < 4.78 is 7.02. The molecule has 1 unspecified atom stereocenters. The number of aromatic nitrogens is 5. The zero-order chi connectivity index (χ0) is 24.8. The Morgan fingerprint density at radius 2 is 1.86 bits per heavy atom. The van der Waals surface area contributed by atoms with Crippen molar-refractivity contribution in [1.82, 2.24) is 34.5 Å². The zero-order valence-corrected chi connectivity index (χ0v) is 20.8. The molecule has 3 aromatic heterocycles. The predicted molar refractivity (Wildman–Crippen MR) is 136 cm³/mol. The third-order valence-electron chi connectivity index (χ3n) is 6.13. The molecule has 1 atom stereocenters. The maximum Gasteiger partial charge on any atom is 0.265 e. The molecule has 0 aliphatic heterocycles. The second-order valence-electron chi connectivity index (χ2n) is 8.89. The molecule has 4 rings (SSSR count). The highest BCUT2D eigenvalue weighted by atomic mass is 16.5. The van der Waals surface area contributed by atoms with Gasteiger partial charge in [-0.3, -0.25) is 19.4 Å². The maximum atomic E-state index is 13.6. The summed E-state index contributed by atoms with van der Waals surface area (Å²) in [6.07, 6.45) is 4.19. The lowest BCUT2D eigenvalue weighted by Gasteiger charge is -2.33. The summed E-state index contributed by atoms with van der Waals surface area (Å²) in [6.45, 7) is 4.93. The van der Waals surface area contributed by atoms with Gasteiger partial charge in [0, 0.05) is 31.9 Å². The first-order valence-corrected chi connectivity index (χ1v) is 11.9. The number of pyridine rings is 1. The number of benzene rings is 1. The van der Waals surface area contributed by atoms with Crippen molar-refractivity contribution in [2.45, 2.75) is 32.5 Å². The number of likely N-dealkylation sites (N-methyl/N-ethyl adjacent to an activating group) is 1. The van der Waals surface area contributed by atoms with Gasteiger partial charge in [-0.25, -0.2) is 9.97 Å². The van der Waals surface area contributed by atoms with E-state index in [0.717, 1.165) is 36.5 Å². The molecule has 184 valence electrons. The Bertz CT molecular complexity index is 1280. The summed E-state index contributed by atoms with van der Waals surface area (Å²) in [7, 11) is 5.74. The predicted octanol–water partition coefficient (Wildman–Crippen LogP) is 3.09.